The van der Waals surface area contributed by atoms with Gasteiger partial charge in [0.1, 0.15) is 5.82 Å². The van der Waals surface area contributed by atoms with Crippen LogP contribution in [0.2, 0.25) is 0 Å². The van der Waals surface area contributed by atoms with E-state index in [2.05, 4.69) is 32.8 Å². The van der Waals surface area contributed by atoms with Gasteiger partial charge in [0.15, 0.2) is 0 Å². The predicted molar refractivity (Wildman–Crippen MR) is 124 cm³/mol. The molecule has 160 valence electrons. The first-order valence-electron chi connectivity index (χ1n) is 10.7. The molecule has 1 aliphatic carbocycles. The maximum Gasteiger partial charge on any atom is 0.230 e. The molecular weight excluding hydrogens is 408 g/mol. The van der Waals surface area contributed by atoms with Gasteiger partial charge in [-0.25, -0.2) is 9.97 Å². The molecular formula is C24H26N4O2S. The van der Waals surface area contributed by atoms with E-state index in [0.717, 1.165) is 64.7 Å². The van der Waals surface area contributed by atoms with Gasteiger partial charge >= 0.3 is 0 Å². The van der Waals surface area contributed by atoms with Crippen molar-refractivity contribution >= 4 is 34.4 Å². The number of thiazole rings is 1. The molecule has 1 fully saturated rings. The number of aromatic nitrogens is 2. The van der Waals surface area contributed by atoms with Gasteiger partial charge < -0.3 is 15.0 Å². The molecule has 2 aromatic heterocycles. The number of carbonyl (C=O) groups is 1. The number of methoxy groups -OCH3 is 1. The van der Waals surface area contributed by atoms with E-state index in [-0.39, 0.29) is 17.9 Å². The third-order valence-electron chi connectivity index (χ3n) is 6.30. The molecule has 7 heteroatoms. The summed E-state index contributed by atoms with van der Waals surface area (Å²) in [6.07, 6.45) is 5.64. The minimum Gasteiger partial charge on any atom is -0.381 e. The Morgan fingerprint density at radius 3 is 2.81 bits per heavy atom. The number of ether oxygens (including phenoxy) is 1. The Balaban J connectivity index is 1.54. The topological polar surface area (TPSA) is 67.3 Å². The van der Waals surface area contributed by atoms with Crippen LogP contribution < -0.4 is 10.2 Å². The summed E-state index contributed by atoms with van der Waals surface area (Å²) in [5.41, 5.74) is 4.76. The molecule has 3 heterocycles. The van der Waals surface area contributed by atoms with Crippen LogP contribution in [-0.4, -0.2) is 29.1 Å². The zero-order chi connectivity index (χ0) is 21.4. The lowest BCUT2D eigenvalue weighted by atomic mass is 9.86. The molecule has 1 aromatic carbocycles. The summed E-state index contributed by atoms with van der Waals surface area (Å²) in [6.45, 7) is 2.51. The highest BCUT2D eigenvalue weighted by Crippen LogP contribution is 2.40. The lowest BCUT2D eigenvalue weighted by Gasteiger charge is -2.32. The van der Waals surface area contributed by atoms with Gasteiger partial charge in [-0.05, 0) is 50.8 Å². The lowest BCUT2D eigenvalue weighted by Crippen LogP contribution is -2.38. The molecule has 0 radical (unpaired) electrons. The minimum atomic E-state index is 0.0163. The monoisotopic (exact) mass is 434 g/mol. The van der Waals surface area contributed by atoms with E-state index < -0.39 is 0 Å². The van der Waals surface area contributed by atoms with Crippen LogP contribution in [0, 0.1) is 12.8 Å². The average Bonchev–Trinajstić information content (AvgIpc) is 3.17. The molecule has 0 spiro atoms. The minimum absolute atomic E-state index is 0.0163. The number of anilines is 3. The third kappa shape index (κ3) is 3.95. The van der Waals surface area contributed by atoms with Crippen molar-refractivity contribution < 1.29 is 9.53 Å². The molecule has 1 saturated carbocycles. The quantitative estimate of drug-likeness (QED) is 0.605. The summed E-state index contributed by atoms with van der Waals surface area (Å²) in [6, 6.07) is 10.1. The summed E-state index contributed by atoms with van der Waals surface area (Å²) in [5, 5.41) is 6.54. The first-order chi connectivity index (χ1) is 15.1. The Bertz CT molecular complexity index is 1100. The Hall–Kier alpha value is -2.77. The van der Waals surface area contributed by atoms with Crippen molar-refractivity contribution in [2.24, 2.45) is 5.92 Å². The van der Waals surface area contributed by atoms with Crippen molar-refractivity contribution in [1.29, 1.82) is 0 Å². The maximum absolute atomic E-state index is 13.7. The summed E-state index contributed by atoms with van der Waals surface area (Å²) < 4.78 is 5.50. The Morgan fingerprint density at radius 2 is 2.06 bits per heavy atom. The number of fused-ring (bicyclic) bond motifs is 2. The third-order valence-corrected chi connectivity index (χ3v) is 7.07. The van der Waals surface area contributed by atoms with Crippen LogP contribution in [0.3, 0.4) is 0 Å². The van der Waals surface area contributed by atoms with E-state index in [1.165, 1.54) is 0 Å². The Labute approximate surface area is 186 Å². The lowest BCUT2D eigenvalue weighted by molar-refractivity contribution is -0.124. The molecule has 0 saturated heterocycles. The number of hydrogen-bond donors (Lipinski definition) is 1. The average molecular weight is 435 g/mol. The Kier molecular flexibility index (Phi) is 5.46. The van der Waals surface area contributed by atoms with Crippen LogP contribution in [0.15, 0.2) is 41.9 Å². The van der Waals surface area contributed by atoms with Gasteiger partial charge in [-0.3, -0.25) is 4.79 Å². The van der Waals surface area contributed by atoms with Crippen molar-refractivity contribution in [3.63, 3.8) is 0 Å². The highest BCUT2D eigenvalue weighted by Gasteiger charge is 2.33. The first-order valence-corrected chi connectivity index (χ1v) is 11.6. The molecule has 1 aliphatic heterocycles. The van der Waals surface area contributed by atoms with Gasteiger partial charge in [-0.1, -0.05) is 12.1 Å². The fourth-order valence-electron chi connectivity index (χ4n) is 4.54. The predicted octanol–water partition coefficient (Wildman–Crippen LogP) is 5.31. The number of nitrogens with one attached hydrogen (secondary N) is 1. The number of nitrogens with zero attached hydrogens (tertiary/aromatic N) is 3. The number of amides is 1. The summed E-state index contributed by atoms with van der Waals surface area (Å²) in [4.78, 5) is 24.8. The van der Waals surface area contributed by atoms with Gasteiger partial charge in [-0.15, -0.1) is 11.3 Å². The zero-order valence-corrected chi connectivity index (χ0v) is 18.6. The maximum atomic E-state index is 13.7. The van der Waals surface area contributed by atoms with Gasteiger partial charge in [0.05, 0.1) is 34.7 Å². The van der Waals surface area contributed by atoms with Crippen LogP contribution in [0.4, 0.5) is 17.2 Å². The molecule has 2 aliphatic rings. The molecule has 6 nitrogen and oxygen atoms in total. The first kappa shape index (κ1) is 20.2. The SMILES string of the molecule is CO[C@H]1CC[C@H](C(=O)N2Cc3cccnc3Nc3ccc(-c4csc(C)n4)cc32)CC1. The van der Waals surface area contributed by atoms with Crippen LogP contribution in [0.1, 0.15) is 36.3 Å². The second kappa shape index (κ2) is 8.40. The summed E-state index contributed by atoms with van der Waals surface area (Å²) in [5.74, 6) is 1.00. The number of rotatable bonds is 3. The van der Waals surface area contributed by atoms with Crippen LogP contribution in [-0.2, 0) is 16.1 Å². The zero-order valence-electron chi connectivity index (χ0n) is 17.8. The number of aryl methyl sites for hydroxylation is 1. The highest BCUT2D eigenvalue weighted by molar-refractivity contribution is 7.09. The molecule has 31 heavy (non-hydrogen) atoms. The second-order valence-corrected chi connectivity index (χ2v) is 9.32. The second-order valence-electron chi connectivity index (χ2n) is 8.25. The molecule has 3 aromatic rings. The molecule has 0 atom stereocenters. The van der Waals surface area contributed by atoms with Crippen molar-refractivity contribution in [2.75, 3.05) is 17.3 Å². The van der Waals surface area contributed by atoms with E-state index in [1.807, 2.05) is 30.0 Å². The Morgan fingerprint density at radius 1 is 1.23 bits per heavy atom. The largest absolute Gasteiger partial charge is 0.381 e. The number of carbonyl (C=O) groups excluding carboxylic acids is 1. The van der Waals surface area contributed by atoms with E-state index in [4.69, 9.17) is 4.74 Å². The van der Waals surface area contributed by atoms with Gasteiger partial charge in [-0.2, -0.15) is 0 Å². The fraction of sp³-hybridized carbons (Fsp3) is 0.375. The number of benzene rings is 1. The molecule has 0 bridgehead atoms. The van der Waals surface area contributed by atoms with Gasteiger partial charge in [0.2, 0.25) is 5.91 Å². The van der Waals surface area contributed by atoms with Crippen LogP contribution in [0.5, 0.6) is 0 Å². The van der Waals surface area contributed by atoms with E-state index in [9.17, 15) is 4.79 Å². The number of hydrogen-bond acceptors (Lipinski definition) is 6. The van der Waals surface area contributed by atoms with E-state index >= 15 is 0 Å². The van der Waals surface area contributed by atoms with Crippen molar-refractivity contribution in [3.8, 4) is 11.3 Å². The van der Waals surface area contributed by atoms with E-state index in [0.29, 0.717) is 6.54 Å². The molecule has 5 rings (SSSR count). The van der Waals surface area contributed by atoms with Crippen molar-refractivity contribution in [3.05, 3.63) is 52.5 Å². The molecule has 0 unspecified atom stereocenters. The summed E-state index contributed by atoms with van der Waals surface area (Å²) >= 11 is 1.63. The highest BCUT2D eigenvalue weighted by atomic mass is 32.1. The van der Waals surface area contributed by atoms with Gasteiger partial charge in [0.25, 0.3) is 0 Å². The van der Waals surface area contributed by atoms with Crippen LogP contribution in [0.25, 0.3) is 11.3 Å². The summed E-state index contributed by atoms with van der Waals surface area (Å²) in [7, 11) is 1.76. The molecule has 1 N–H and O–H groups in total. The van der Waals surface area contributed by atoms with Crippen molar-refractivity contribution in [2.45, 2.75) is 45.3 Å². The van der Waals surface area contributed by atoms with Crippen LogP contribution >= 0.6 is 11.3 Å². The smallest absolute Gasteiger partial charge is 0.230 e. The van der Waals surface area contributed by atoms with Gasteiger partial charge in [0, 0.05) is 35.7 Å². The fourth-order valence-corrected chi connectivity index (χ4v) is 5.16. The van der Waals surface area contributed by atoms with Crippen molar-refractivity contribution in [1.82, 2.24) is 9.97 Å². The number of pyridine rings is 1. The standard InChI is InChI=1S/C24H26N4O2S/c1-15-26-21(14-31-15)17-7-10-20-22(12-17)28(13-18-4-3-11-25-23(18)27-20)24(29)16-5-8-19(30-2)9-6-16/h3-4,7,10-12,14,16,19H,5-6,8-9,13H2,1-2H3,(H,25,27)/t16-,19-. The van der Waals surface area contributed by atoms with E-state index in [1.54, 1.807) is 24.6 Å². The molecule has 1 amide bonds. The normalized spacial score (nSPS) is 20.4.